The summed E-state index contributed by atoms with van der Waals surface area (Å²) in [6.45, 7) is 0.588. The Morgan fingerprint density at radius 3 is 2.70 bits per heavy atom. The monoisotopic (exact) mass is 292 g/mol. The Morgan fingerprint density at radius 1 is 1.55 bits per heavy atom. The predicted octanol–water partition coefficient (Wildman–Crippen LogP) is -2.43. The third kappa shape index (κ3) is 2.26. The number of imide groups is 1. The van der Waals surface area contributed by atoms with E-state index in [2.05, 4.69) is 4.89 Å². The highest BCUT2D eigenvalue weighted by molar-refractivity contribution is 6.01. The fourth-order valence-corrected chi connectivity index (χ4v) is 2.26. The van der Waals surface area contributed by atoms with Crippen LogP contribution in [0.15, 0.2) is 0 Å². The summed E-state index contributed by atoms with van der Waals surface area (Å²) in [5.74, 6) is -1.03. The maximum Gasteiger partial charge on any atom is 0.328 e. The van der Waals surface area contributed by atoms with Crippen LogP contribution in [-0.2, 0) is 14.4 Å². The summed E-state index contributed by atoms with van der Waals surface area (Å²) in [6.07, 6.45) is -4.77. The van der Waals surface area contributed by atoms with Crippen LogP contribution in [0.25, 0.3) is 0 Å². The van der Waals surface area contributed by atoms with Gasteiger partial charge in [-0.25, -0.2) is 14.9 Å². The largest absolute Gasteiger partial charge is 0.394 e. The molecule has 0 radical (unpaired) electrons. The molecule has 0 saturated carbocycles. The van der Waals surface area contributed by atoms with Crippen molar-refractivity contribution < 1.29 is 39.8 Å². The van der Waals surface area contributed by atoms with Crippen molar-refractivity contribution in [3.8, 4) is 0 Å². The third-order valence-corrected chi connectivity index (χ3v) is 3.44. The summed E-state index contributed by atoms with van der Waals surface area (Å²) in [7, 11) is 0. The maximum atomic E-state index is 11.8. The van der Waals surface area contributed by atoms with Gasteiger partial charge < -0.3 is 20.1 Å². The molecule has 2 fully saturated rings. The van der Waals surface area contributed by atoms with E-state index in [1.54, 1.807) is 0 Å². The Morgan fingerprint density at radius 2 is 2.20 bits per heavy atom. The first-order valence-corrected chi connectivity index (χ1v) is 5.93. The first-order valence-electron chi connectivity index (χ1n) is 5.93. The van der Waals surface area contributed by atoms with Crippen molar-refractivity contribution in [2.24, 2.45) is 0 Å². The van der Waals surface area contributed by atoms with E-state index in [1.807, 2.05) is 5.32 Å². The maximum absolute atomic E-state index is 11.8. The SMILES string of the molecule is C[C@]1(O)C(=O)NC(=O)N([C@H]2C[C@H](O)[C@@H](CO)O2)[C@@H]1OO. The Labute approximate surface area is 113 Å². The minimum absolute atomic E-state index is 0.0667. The van der Waals surface area contributed by atoms with E-state index in [0.29, 0.717) is 0 Å². The number of rotatable bonds is 3. The van der Waals surface area contributed by atoms with Crippen molar-refractivity contribution in [1.29, 1.82) is 0 Å². The van der Waals surface area contributed by atoms with Crippen LogP contribution in [0.1, 0.15) is 13.3 Å². The molecular weight excluding hydrogens is 276 g/mol. The fourth-order valence-electron chi connectivity index (χ4n) is 2.26. The van der Waals surface area contributed by atoms with Gasteiger partial charge in [-0.15, -0.1) is 0 Å². The quantitative estimate of drug-likeness (QED) is 0.285. The van der Waals surface area contributed by atoms with Crippen molar-refractivity contribution in [2.75, 3.05) is 6.61 Å². The van der Waals surface area contributed by atoms with Crippen LogP contribution in [-0.4, -0.2) is 74.3 Å². The summed E-state index contributed by atoms with van der Waals surface area (Å²) in [6, 6.07) is -0.948. The van der Waals surface area contributed by atoms with Crippen LogP contribution >= 0.6 is 0 Å². The van der Waals surface area contributed by atoms with Crippen molar-refractivity contribution in [3.63, 3.8) is 0 Å². The highest BCUT2D eigenvalue weighted by Crippen LogP contribution is 2.30. The Kier molecular flexibility index (Phi) is 3.95. The van der Waals surface area contributed by atoms with Gasteiger partial charge in [0.2, 0.25) is 6.23 Å². The lowest BCUT2D eigenvalue weighted by molar-refractivity contribution is -0.350. The second-order valence-electron chi connectivity index (χ2n) is 4.89. The van der Waals surface area contributed by atoms with Crippen molar-refractivity contribution in [3.05, 3.63) is 0 Å². The molecule has 114 valence electrons. The lowest BCUT2D eigenvalue weighted by Gasteiger charge is -2.43. The molecule has 10 heteroatoms. The van der Waals surface area contributed by atoms with Crippen molar-refractivity contribution >= 4 is 11.9 Å². The van der Waals surface area contributed by atoms with Gasteiger partial charge in [-0.2, -0.15) is 0 Å². The number of amides is 3. The van der Waals surface area contributed by atoms with Crippen molar-refractivity contribution in [1.82, 2.24) is 10.2 Å². The van der Waals surface area contributed by atoms with E-state index in [9.17, 15) is 19.8 Å². The minimum Gasteiger partial charge on any atom is -0.394 e. The van der Waals surface area contributed by atoms with E-state index in [1.165, 1.54) is 0 Å². The highest BCUT2D eigenvalue weighted by atomic mass is 17.1. The zero-order valence-electron chi connectivity index (χ0n) is 10.6. The lowest BCUT2D eigenvalue weighted by Crippen LogP contribution is -2.71. The molecule has 0 aromatic rings. The van der Waals surface area contributed by atoms with Gasteiger partial charge in [0.05, 0.1) is 12.7 Å². The number of urea groups is 1. The number of aliphatic hydroxyl groups is 3. The second kappa shape index (κ2) is 5.24. The van der Waals surface area contributed by atoms with Crippen LogP contribution in [0.3, 0.4) is 0 Å². The molecular formula is C10H16N2O8. The number of nitrogens with zero attached hydrogens (tertiary/aromatic N) is 1. The average molecular weight is 292 g/mol. The van der Waals surface area contributed by atoms with Crippen LogP contribution < -0.4 is 5.32 Å². The molecule has 20 heavy (non-hydrogen) atoms. The number of carbonyl (C=O) groups is 2. The van der Waals surface area contributed by atoms with Gasteiger partial charge in [-0.05, 0) is 6.92 Å². The molecule has 2 heterocycles. The van der Waals surface area contributed by atoms with Gasteiger partial charge in [-0.3, -0.25) is 15.0 Å². The van der Waals surface area contributed by atoms with Gasteiger partial charge in [-0.1, -0.05) is 0 Å². The van der Waals surface area contributed by atoms with Crippen LogP contribution in [0, 0.1) is 0 Å². The van der Waals surface area contributed by atoms with Gasteiger partial charge in [0.25, 0.3) is 5.91 Å². The smallest absolute Gasteiger partial charge is 0.328 e. The van der Waals surface area contributed by atoms with Crippen LogP contribution in [0.4, 0.5) is 4.79 Å². The molecule has 5 atom stereocenters. The zero-order chi connectivity index (χ0) is 15.1. The summed E-state index contributed by atoms with van der Waals surface area (Å²) in [4.78, 5) is 28.1. The lowest BCUT2D eigenvalue weighted by atomic mass is 10.00. The summed E-state index contributed by atoms with van der Waals surface area (Å²) >= 11 is 0. The summed E-state index contributed by atoms with van der Waals surface area (Å²) in [5.41, 5.74) is -2.20. The molecule has 3 amide bonds. The van der Waals surface area contributed by atoms with Crippen LogP contribution in [0.2, 0.25) is 0 Å². The normalized spacial score (nSPS) is 42.0. The molecule has 0 unspecified atom stereocenters. The Bertz CT molecular complexity index is 414. The van der Waals surface area contributed by atoms with E-state index >= 15 is 0 Å². The van der Waals surface area contributed by atoms with Crippen molar-refractivity contribution in [2.45, 2.75) is 43.6 Å². The number of hydrogen-bond acceptors (Lipinski definition) is 8. The molecule has 5 N–H and O–H groups in total. The number of ether oxygens (including phenoxy) is 1. The average Bonchev–Trinajstić information content (AvgIpc) is 2.74. The minimum atomic E-state index is -2.20. The molecule has 2 aliphatic rings. The standard InChI is InChI=1S/C10H16N2O8/c1-10(17)7(15)11-9(16)12(8(10)20-18)6-2-4(14)5(3-13)19-6/h4-6,8,13-14,17-18H,2-3H2,1H3,(H,11,15,16)/t4-,5+,6+,8+,10-/m0/s1. The van der Waals surface area contributed by atoms with Gasteiger partial charge >= 0.3 is 6.03 Å². The Balaban J connectivity index is 2.25. The molecule has 2 saturated heterocycles. The molecule has 2 aliphatic heterocycles. The second-order valence-corrected chi connectivity index (χ2v) is 4.89. The van der Waals surface area contributed by atoms with Crippen LogP contribution in [0.5, 0.6) is 0 Å². The third-order valence-electron chi connectivity index (χ3n) is 3.44. The molecule has 10 nitrogen and oxygen atoms in total. The highest BCUT2D eigenvalue weighted by Gasteiger charge is 2.55. The van der Waals surface area contributed by atoms with E-state index in [-0.39, 0.29) is 6.42 Å². The van der Waals surface area contributed by atoms with Gasteiger partial charge in [0.15, 0.2) is 5.60 Å². The molecule has 0 spiro atoms. The predicted molar refractivity (Wildman–Crippen MR) is 59.9 cm³/mol. The molecule has 2 rings (SSSR count). The van der Waals surface area contributed by atoms with E-state index < -0.39 is 48.8 Å². The van der Waals surface area contributed by atoms with Gasteiger partial charge in [0, 0.05) is 6.42 Å². The number of hydrogen-bond donors (Lipinski definition) is 5. The zero-order valence-corrected chi connectivity index (χ0v) is 10.6. The summed E-state index contributed by atoms with van der Waals surface area (Å²) in [5, 5.41) is 39.4. The molecule has 0 bridgehead atoms. The number of carbonyl (C=O) groups excluding carboxylic acids is 2. The number of aliphatic hydroxyl groups excluding tert-OH is 2. The fraction of sp³-hybridized carbons (Fsp3) is 0.800. The van der Waals surface area contributed by atoms with E-state index in [0.717, 1.165) is 11.8 Å². The first kappa shape index (κ1) is 15.1. The topological polar surface area (TPSA) is 149 Å². The first-order chi connectivity index (χ1) is 9.32. The Hall–Kier alpha value is -1.30. The number of nitrogens with one attached hydrogen (secondary N) is 1. The molecule has 0 aromatic carbocycles. The van der Waals surface area contributed by atoms with E-state index in [4.69, 9.17) is 15.1 Å². The van der Waals surface area contributed by atoms with Gasteiger partial charge in [0.1, 0.15) is 12.3 Å². The molecule has 0 aromatic heterocycles. The summed E-state index contributed by atoms with van der Waals surface area (Å²) < 4.78 is 5.24. The molecule has 0 aliphatic carbocycles.